The van der Waals surface area contributed by atoms with Gasteiger partial charge in [-0.2, -0.15) is 5.10 Å². The molecule has 1 N–H and O–H groups in total. The number of nitrogens with zero attached hydrogens (tertiary/aromatic N) is 3. The van der Waals surface area contributed by atoms with Gasteiger partial charge >= 0.3 is 0 Å². The average molecular weight is 385 g/mol. The number of hydrogen-bond acceptors (Lipinski definition) is 4. The molecule has 0 fully saturated rings. The monoisotopic (exact) mass is 384 g/mol. The van der Waals surface area contributed by atoms with Crippen molar-refractivity contribution in [2.75, 3.05) is 5.32 Å². The van der Waals surface area contributed by atoms with E-state index in [1.807, 2.05) is 35.9 Å². The van der Waals surface area contributed by atoms with Crippen molar-refractivity contribution < 1.29 is 4.79 Å². The summed E-state index contributed by atoms with van der Waals surface area (Å²) in [5, 5.41) is 9.57. The molecule has 0 radical (unpaired) electrons. The highest BCUT2D eigenvalue weighted by Crippen LogP contribution is 2.37. The van der Waals surface area contributed by atoms with Gasteiger partial charge in [-0.25, -0.2) is 9.67 Å². The number of benzene rings is 1. The van der Waals surface area contributed by atoms with E-state index in [0.29, 0.717) is 15.6 Å². The Morgan fingerprint density at radius 2 is 2.12 bits per heavy atom. The highest BCUT2D eigenvalue weighted by molar-refractivity contribution is 7.21. The smallest absolute Gasteiger partial charge is 0.267 e. The zero-order valence-corrected chi connectivity index (χ0v) is 16.1. The molecule has 4 rings (SSSR count). The Morgan fingerprint density at radius 1 is 1.31 bits per heavy atom. The summed E-state index contributed by atoms with van der Waals surface area (Å²) in [4.78, 5) is 17.7. The summed E-state index contributed by atoms with van der Waals surface area (Å²) in [6, 6.07) is 8.03. The minimum atomic E-state index is -0.229. The lowest BCUT2D eigenvalue weighted by Crippen LogP contribution is -2.11. The minimum absolute atomic E-state index is 0.223. The number of amides is 1. The quantitative estimate of drug-likeness (QED) is 0.511. The summed E-state index contributed by atoms with van der Waals surface area (Å²) in [6.45, 7) is 6.09. The highest BCUT2D eigenvalue weighted by atomic mass is 35.5. The summed E-state index contributed by atoms with van der Waals surface area (Å²) in [7, 11) is 0. The van der Waals surface area contributed by atoms with E-state index < -0.39 is 0 Å². The van der Waals surface area contributed by atoms with Crippen molar-refractivity contribution in [1.29, 1.82) is 0 Å². The highest BCUT2D eigenvalue weighted by Gasteiger charge is 2.19. The molecule has 0 aliphatic carbocycles. The minimum Gasteiger partial charge on any atom is -0.320 e. The lowest BCUT2D eigenvalue weighted by atomic mass is 10.1. The summed E-state index contributed by atoms with van der Waals surface area (Å²) in [5.41, 5.74) is 2.48. The molecule has 3 aromatic heterocycles. The maximum Gasteiger partial charge on any atom is 0.267 e. The lowest BCUT2D eigenvalue weighted by Gasteiger charge is -2.07. The van der Waals surface area contributed by atoms with Crippen LogP contribution >= 0.6 is 22.9 Å². The second-order valence-corrected chi connectivity index (χ2v) is 7.90. The number of fused-ring (bicyclic) bond motifs is 2. The fourth-order valence-electron chi connectivity index (χ4n) is 3.00. The molecule has 7 heteroatoms. The number of thiophene rings is 1. The van der Waals surface area contributed by atoms with Crippen LogP contribution in [0.3, 0.4) is 0 Å². The van der Waals surface area contributed by atoms with Gasteiger partial charge in [-0.15, -0.1) is 11.3 Å². The number of aryl methyl sites for hydroxylation is 1. The van der Waals surface area contributed by atoms with Crippen molar-refractivity contribution in [1.82, 2.24) is 14.8 Å². The van der Waals surface area contributed by atoms with E-state index in [1.165, 1.54) is 11.3 Å². The van der Waals surface area contributed by atoms with Gasteiger partial charge in [-0.3, -0.25) is 4.79 Å². The summed E-state index contributed by atoms with van der Waals surface area (Å²) in [5.74, 6) is -0.229. The molecule has 5 nitrogen and oxygen atoms in total. The molecule has 1 amide bonds. The van der Waals surface area contributed by atoms with Gasteiger partial charge < -0.3 is 5.32 Å². The zero-order chi connectivity index (χ0) is 18.4. The molecule has 0 saturated heterocycles. The second kappa shape index (κ2) is 6.37. The third-order valence-corrected chi connectivity index (χ3v) is 5.90. The molecule has 1 aromatic carbocycles. The maximum atomic E-state index is 12.7. The molecule has 0 aliphatic rings. The Labute approximate surface area is 159 Å². The van der Waals surface area contributed by atoms with Crippen molar-refractivity contribution >= 4 is 55.7 Å². The van der Waals surface area contributed by atoms with Crippen LogP contribution in [0.1, 0.15) is 35.1 Å². The standard InChI is InChI=1S/C19H17ClN4OS/c1-10(2)24-18-12(8-22-24)7-13(9-21-18)23-19(25)17-16(20)15-11(3)5-4-6-14(15)26-17/h4-10H,1-3H3,(H,23,25). The molecule has 0 aliphatic heterocycles. The molecule has 0 atom stereocenters. The first-order chi connectivity index (χ1) is 12.5. The number of nitrogens with one attached hydrogen (secondary N) is 1. The molecule has 0 spiro atoms. The van der Waals surface area contributed by atoms with Crippen LogP contribution in [0.25, 0.3) is 21.1 Å². The molecule has 0 bridgehead atoms. The normalized spacial score (nSPS) is 11.6. The maximum absolute atomic E-state index is 12.7. The van der Waals surface area contributed by atoms with Crippen LogP contribution in [0.15, 0.2) is 36.7 Å². The third-order valence-electron chi connectivity index (χ3n) is 4.25. The third kappa shape index (κ3) is 2.75. The average Bonchev–Trinajstić information content (AvgIpc) is 3.16. The van der Waals surface area contributed by atoms with Gasteiger partial charge in [0.15, 0.2) is 5.65 Å². The molecule has 4 aromatic rings. The Kier molecular flexibility index (Phi) is 4.17. The molecular weight excluding hydrogens is 368 g/mol. The first kappa shape index (κ1) is 17.0. The number of carbonyl (C=O) groups is 1. The van der Waals surface area contributed by atoms with Crippen LogP contribution in [-0.4, -0.2) is 20.7 Å². The SMILES string of the molecule is Cc1cccc2sc(C(=O)Nc3cnc4c(cnn4C(C)C)c3)c(Cl)c12. The van der Waals surface area contributed by atoms with E-state index in [2.05, 4.69) is 29.2 Å². The van der Waals surface area contributed by atoms with Crippen molar-refractivity contribution in [2.24, 2.45) is 0 Å². The molecule has 26 heavy (non-hydrogen) atoms. The van der Waals surface area contributed by atoms with Crippen LogP contribution in [0.4, 0.5) is 5.69 Å². The van der Waals surface area contributed by atoms with Crippen molar-refractivity contribution in [2.45, 2.75) is 26.8 Å². The Hall–Kier alpha value is -2.44. The lowest BCUT2D eigenvalue weighted by molar-refractivity contribution is 0.103. The van der Waals surface area contributed by atoms with E-state index in [0.717, 1.165) is 26.7 Å². The van der Waals surface area contributed by atoms with Gasteiger partial charge in [0.1, 0.15) is 4.88 Å². The molecule has 0 saturated carbocycles. The molecule has 3 heterocycles. The van der Waals surface area contributed by atoms with Crippen molar-refractivity contribution in [3.05, 3.63) is 52.1 Å². The van der Waals surface area contributed by atoms with Crippen molar-refractivity contribution in [3.63, 3.8) is 0 Å². The number of pyridine rings is 1. The van der Waals surface area contributed by atoms with Crippen molar-refractivity contribution in [3.8, 4) is 0 Å². The molecular formula is C19H17ClN4OS. The van der Waals surface area contributed by atoms with Crippen LogP contribution in [0.2, 0.25) is 5.02 Å². The number of anilines is 1. The largest absolute Gasteiger partial charge is 0.320 e. The van der Waals surface area contributed by atoms with Gasteiger partial charge in [-0.05, 0) is 38.5 Å². The Morgan fingerprint density at radius 3 is 2.85 bits per heavy atom. The molecule has 0 unspecified atom stereocenters. The van der Waals surface area contributed by atoms with E-state index >= 15 is 0 Å². The van der Waals surface area contributed by atoms with Crippen LogP contribution in [0, 0.1) is 6.92 Å². The van der Waals surface area contributed by atoms with Crippen LogP contribution < -0.4 is 5.32 Å². The van der Waals surface area contributed by atoms with Gasteiger partial charge in [0.05, 0.1) is 23.1 Å². The van der Waals surface area contributed by atoms with E-state index in [-0.39, 0.29) is 11.9 Å². The van der Waals surface area contributed by atoms with E-state index in [4.69, 9.17) is 11.6 Å². The fourth-order valence-corrected chi connectivity index (χ4v) is 4.57. The fraction of sp³-hybridized carbons (Fsp3) is 0.211. The van der Waals surface area contributed by atoms with Crippen LogP contribution in [-0.2, 0) is 0 Å². The zero-order valence-electron chi connectivity index (χ0n) is 14.6. The predicted molar refractivity (Wildman–Crippen MR) is 107 cm³/mol. The molecule has 132 valence electrons. The Balaban J connectivity index is 1.67. The topological polar surface area (TPSA) is 59.8 Å². The second-order valence-electron chi connectivity index (χ2n) is 6.47. The summed E-state index contributed by atoms with van der Waals surface area (Å²) in [6.07, 6.45) is 3.40. The number of hydrogen-bond donors (Lipinski definition) is 1. The number of carbonyl (C=O) groups excluding carboxylic acids is 1. The number of halogens is 1. The first-order valence-corrected chi connectivity index (χ1v) is 9.47. The summed E-state index contributed by atoms with van der Waals surface area (Å²) >= 11 is 7.87. The van der Waals surface area contributed by atoms with Gasteiger partial charge in [0.25, 0.3) is 5.91 Å². The number of rotatable bonds is 3. The predicted octanol–water partition coefficient (Wildman–Crippen LogP) is 5.44. The summed E-state index contributed by atoms with van der Waals surface area (Å²) < 4.78 is 2.86. The van der Waals surface area contributed by atoms with Crippen LogP contribution in [0.5, 0.6) is 0 Å². The van der Waals surface area contributed by atoms with Gasteiger partial charge in [0.2, 0.25) is 0 Å². The van der Waals surface area contributed by atoms with E-state index in [1.54, 1.807) is 12.4 Å². The van der Waals surface area contributed by atoms with Gasteiger partial charge in [0, 0.05) is 21.5 Å². The van der Waals surface area contributed by atoms with E-state index in [9.17, 15) is 4.79 Å². The van der Waals surface area contributed by atoms with Gasteiger partial charge in [-0.1, -0.05) is 23.7 Å². The Bertz CT molecular complexity index is 1150. The number of aromatic nitrogens is 3. The first-order valence-electron chi connectivity index (χ1n) is 8.28.